The second kappa shape index (κ2) is 5.29. The minimum Gasteiger partial charge on any atom is -0.458 e. The van der Waals surface area contributed by atoms with Gasteiger partial charge in [0, 0.05) is 0 Å². The second-order valence-corrected chi connectivity index (χ2v) is 5.71. The quantitative estimate of drug-likeness (QED) is 0.522. The van der Waals surface area contributed by atoms with E-state index >= 15 is 0 Å². The van der Waals surface area contributed by atoms with Crippen molar-refractivity contribution in [3.05, 3.63) is 0 Å². The van der Waals surface area contributed by atoms with E-state index in [-0.39, 0.29) is 18.0 Å². The van der Waals surface area contributed by atoms with E-state index in [1.165, 1.54) is 0 Å². The summed E-state index contributed by atoms with van der Waals surface area (Å²) in [5.41, 5.74) is -0.293. The first kappa shape index (κ1) is 14.1. The summed E-state index contributed by atoms with van der Waals surface area (Å²) in [7, 11) is 0. The van der Waals surface area contributed by atoms with Crippen LogP contribution in [0.4, 0.5) is 0 Å². The number of rotatable bonds is 5. The number of aldehydes is 1. The SMILES string of the molecule is CC(C)(C)CCC(C)(C)C(=O)OCC=O. The molecule has 0 amide bonds. The maximum Gasteiger partial charge on any atom is 0.311 e. The lowest BCUT2D eigenvalue weighted by Gasteiger charge is -2.26. The molecule has 3 heteroatoms. The van der Waals surface area contributed by atoms with Crippen molar-refractivity contribution in [3.8, 4) is 0 Å². The van der Waals surface area contributed by atoms with Crippen molar-refractivity contribution in [3.63, 3.8) is 0 Å². The molecule has 3 nitrogen and oxygen atoms in total. The standard InChI is InChI=1S/C12H22O3/c1-11(2,3)6-7-12(4,5)10(14)15-9-8-13/h8H,6-7,9H2,1-5H3. The number of hydrogen-bond acceptors (Lipinski definition) is 3. The van der Waals surface area contributed by atoms with Gasteiger partial charge in [-0.05, 0) is 32.1 Å². The van der Waals surface area contributed by atoms with Crippen LogP contribution in [0.15, 0.2) is 0 Å². The van der Waals surface area contributed by atoms with Crippen LogP contribution in [0, 0.1) is 10.8 Å². The number of carbonyl (C=O) groups excluding carboxylic acids is 2. The number of hydrogen-bond donors (Lipinski definition) is 0. The summed E-state index contributed by atoms with van der Waals surface area (Å²) in [6.07, 6.45) is 2.32. The average molecular weight is 214 g/mol. The summed E-state index contributed by atoms with van der Waals surface area (Å²) in [6, 6.07) is 0. The van der Waals surface area contributed by atoms with Crippen LogP contribution in [0.25, 0.3) is 0 Å². The van der Waals surface area contributed by atoms with E-state index in [0.29, 0.717) is 6.29 Å². The molecule has 0 unspecified atom stereocenters. The van der Waals surface area contributed by atoms with Crippen molar-refractivity contribution in [1.29, 1.82) is 0 Å². The molecular formula is C12H22O3. The predicted octanol–water partition coefficient (Wildman–Crippen LogP) is 2.58. The molecule has 15 heavy (non-hydrogen) atoms. The molecule has 0 aromatic rings. The van der Waals surface area contributed by atoms with Crippen molar-refractivity contribution >= 4 is 12.3 Å². The highest BCUT2D eigenvalue weighted by atomic mass is 16.5. The number of ether oxygens (including phenoxy) is 1. The maximum absolute atomic E-state index is 11.6. The van der Waals surface area contributed by atoms with E-state index in [0.717, 1.165) is 12.8 Å². The predicted molar refractivity (Wildman–Crippen MR) is 59.5 cm³/mol. The van der Waals surface area contributed by atoms with E-state index in [2.05, 4.69) is 20.8 Å². The van der Waals surface area contributed by atoms with Crippen LogP contribution in [0.3, 0.4) is 0 Å². The van der Waals surface area contributed by atoms with Gasteiger partial charge in [0.25, 0.3) is 0 Å². The monoisotopic (exact) mass is 214 g/mol. The molecule has 0 saturated carbocycles. The van der Waals surface area contributed by atoms with Gasteiger partial charge in [-0.1, -0.05) is 20.8 Å². The molecule has 0 aromatic carbocycles. The average Bonchev–Trinajstić information content (AvgIpc) is 2.10. The summed E-state index contributed by atoms with van der Waals surface area (Å²) < 4.78 is 4.81. The van der Waals surface area contributed by atoms with E-state index in [1.807, 2.05) is 13.8 Å². The summed E-state index contributed by atoms with van der Waals surface area (Å²) in [6.45, 7) is 9.98. The molecule has 88 valence electrons. The normalized spacial score (nSPS) is 12.3. The summed E-state index contributed by atoms with van der Waals surface area (Å²) in [5.74, 6) is -0.293. The maximum atomic E-state index is 11.6. The van der Waals surface area contributed by atoms with Gasteiger partial charge in [-0.15, -0.1) is 0 Å². The fourth-order valence-electron chi connectivity index (χ4n) is 1.09. The van der Waals surface area contributed by atoms with Gasteiger partial charge in [-0.2, -0.15) is 0 Å². The molecule has 0 N–H and O–H groups in total. The zero-order valence-corrected chi connectivity index (χ0v) is 10.4. The minimum atomic E-state index is -0.504. The Morgan fingerprint density at radius 1 is 1.13 bits per heavy atom. The van der Waals surface area contributed by atoms with E-state index in [4.69, 9.17) is 4.74 Å². The van der Waals surface area contributed by atoms with Crippen LogP contribution in [0.1, 0.15) is 47.5 Å². The van der Waals surface area contributed by atoms with Crippen molar-refractivity contribution in [2.75, 3.05) is 6.61 Å². The van der Waals surface area contributed by atoms with Crippen molar-refractivity contribution in [1.82, 2.24) is 0 Å². The van der Waals surface area contributed by atoms with E-state index in [9.17, 15) is 9.59 Å². The van der Waals surface area contributed by atoms with Gasteiger partial charge in [-0.3, -0.25) is 9.59 Å². The molecule has 0 saturated heterocycles. The fraction of sp³-hybridized carbons (Fsp3) is 0.833. The molecule has 0 spiro atoms. The molecule has 0 fully saturated rings. The molecule has 0 aliphatic heterocycles. The van der Waals surface area contributed by atoms with Crippen LogP contribution in [0.5, 0.6) is 0 Å². The third-order valence-electron chi connectivity index (χ3n) is 2.34. The highest BCUT2D eigenvalue weighted by Gasteiger charge is 2.30. The van der Waals surface area contributed by atoms with Gasteiger partial charge in [0.15, 0.2) is 6.29 Å². The van der Waals surface area contributed by atoms with Gasteiger partial charge < -0.3 is 4.74 Å². The van der Waals surface area contributed by atoms with Gasteiger partial charge in [0.2, 0.25) is 0 Å². The van der Waals surface area contributed by atoms with Crippen LogP contribution in [-0.4, -0.2) is 18.9 Å². The minimum absolute atomic E-state index is 0.141. The van der Waals surface area contributed by atoms with Crippen LogP contribution in [-0.2, 0) is 14.3 Å². The molecule has 0 radical (unpaired) electrons. The van der Waals surface area contributed by atoms with Crippen LogP contribution >= 0.6 is 0 Å². The topological polar surface area (TPSA) is 43.4 Å². The lowest BCUT2D eigenvalue weighted by Crippen LogP contribution is -2.28. The zero-order chi connectivity index (χ0) is 12.1. The van der Waals surface area contributed by atoms with Gasteiger partial charge >= 0.3 is 5.97 Å². The smallest absolute Gasteiger partial charge is 0.311 e. The summed E-state index contributed by atoms with van der Waals surface area (Å²) >= 11 is 0. The Labute approximate surface area is 92.2 Å². The van der Waals surface area contributed by atoms with Crippen molar-refractivity contribution in [2.24, 2.45) is 10.8 Å². The Balaban J connectivity index is 4.16. The first-order valence-corrected chi connectivity index (χ1v) is 5.30. The largest absolute Gasteiger partial charge is 0.458 e. The molecule has 0 bridgehead atoms. The van der Waals surface area contributed by atoms with Crippen LogP contribution < -0.4 is 0 Å². The summed E-state index contributed by atoms with van der Waals surface area (Å²) in [5, 5.41) is 0. The van der Waals surface area contributed by atoms with Gasteiger partial charge in [0.05, 0.1) is 5.41 Å². The van der Waals surface area contributed by atoms with Crippen LogP contribution in [0.2, 0.25) is 0 Å². The van der Waals surface area contributed by atoms with Gasteiger partial charge in [-0.25, -0.2) is 0 Å². The highest BCUT2D eigenvalue weighted by molar-refractivity contribution is 5.77. The molecule has 0 aromatic heterocycles. The zero-order valence-electron chi connectivity index (χ0n) is 10.4. The number of esters is 1. The van der Waals surface area contributed by atoms with E-state index < -0.39 is 5.41 Å². The van der Waals surface area contributed by atoms with E-state index in [1.54, 1.807) is 0 Å². The Hall–Kier alpha value is -0.860. The Bertz CT molecular complexity index is 224. The van der Waals surface area contributed by atoms with Crippen molar-refractivity contribution in [2.45, 2.75) is 47.5 Å². The fourth-order valence-corrected chi connectivity index (χ4v) is 1.09. The molecule has 0 aliphatic carbocycles. The molecular weight excluding hydrogens is 192 g/mol. The Morgan fingerprint density at radius 3 is 2.07 bits per heavy atom. The molecule has 0 rings (SSSR count). The third-order valence-corrected chi connectivity index (χ3v) is 2.34. The molecule has 0 atom stereocenters. The Kier molecular flexibility index (Phi) is 4.98. The lowest BCUT2D eigenvalue weighted by molar-refractivity contribution is -0.155. The lowest BCUT2D eigenvalue weighted by atomic mass is 9.80. The first-order chi connectivity index (χ1) is 6.69. The second-order valence-electron chi connectivity index (χ2n) is 5.71. The number of carbonyl (C=O) groups is 2. The van der Waals surface area contributed by atoms with Gasteiger partial charge in [0.1, 0.15) is 6.61 Å². The highest BCUT2D eigenvalue weighted by Crippen LogP contribution is 2.31. The third kappa shape index (κ3) is 6.26. The van der Waals surface area contributed by atoms with Crippen molar-refractivity contribution < 1.29 is 14.3 Å². The summed E-state index contributed by atoms with van der Waals surface area (Å²) in [4.78, 5) is 21.6. The Morgan fingerprint density at radius 2 is 1.67 bits per heavy atom. The molecule has 0 heterocycles. The first-order valence-electron chi connectivity index (χ1n) is 5.30. The molecule has 0 aliphatic rings.